The first-order valence-electron chi connectivity index (χ1n) is 5.54. The number of rotatable bonds is 5. The molecule has 0 fully saturated rings. The largest absolute Gasteiger partial charge is 0.465 e. The molecule has 2 nitrogen and oxygen atoms in total. The van der Waals surface area contributed by atoms with Crippen molar-refractivity contribution in [2.45, 2.75) is 18.2 Å². The molecule has 0 radical (unpaired) electrons. The van der Waals surface area contributed by atoms with Crippen LogP contribution in [0.5, 0.6) is 0 Å². The van der Waals surface area contributed by atoms with Crippen molar-refractivity contribution < 1.29 is 9.53 Å². The van der Waals surface area contributed by atoms with Crippen LogP contribution in [0.2, 0.25) is 5.02 Å². The van der Waals surface area contributed by atoms with Crippen LogP contribution in [0.1, 0.15) is 22.8 Å². The average Bonchev–Trinajstić information content (AvgIpc) is 2.41. The van der Waals surface area contributed by atoms with E-state index in [0.717, 1.165) is 14.9 Å². The zero-order valence-electron chi connectivity index (χ0n) is 10.7. The number of esters is 1. The van der Waals surface area contributed by atoms with Gasteiger partial charge in [-0.15, -0.1) is 6.58 Å². The summed E-state index contributed by atoms with van der Waals surface area (Å²) in [6.07, 6.45) is 4.29. The summed E-state index contributed by atoms with van der Waals surface area (Å²) in [5.74, 6) is -0.446. The highest BCUT2D eigenvalue weighted by atomic mass is 79.9. The second kappa shape index (κ2) is 7.78. The lowest BCUT2D eigenvalue weighted by molar-refractivity contribution is 0.0600. The maximum Gasteiger partial charge on any atom is 0.339 e. The van der Waals surface area contributed by atoms with Crippen LogP contribution in [0.3, 0.4) is 0 Å². The Morgan fingerprint density at radius 1 is 1.63 bits per heavy atom. The van der Waals surface area contributed by atoms with E-state index in [1.807, 2.05) is 18.4 Å². The van der Waals surface area contributed by atoms with Gasteiger partial charge in [-0.05, 0) is 46.3 Å². The average molecular weight is 362 g/mol. The van der Waals surface area contributed by atoms with Gasteiger partial charge in [-0.25, -0.2) is 4.79 Å². The third-order valence-electron chi connectivity index (χ3n) is 2.34. The van der Waals surface area contributed by atoms with E-state index in [2.05, 4.69) is 22.5 Å². The number of benzene rings is 1. The van der Waals surface area contributed by atoms with Crippen molar-refractivity contribution in [2.75, 3.05) is 7.11 Å². The Bertz CT molecular complexity index is 527. The molecule has 19 heavy (non-hydrogen) atoms. The van der Waals surface area contributed by atoms with Gasteiger partial charge in [-0.2, -0.15) is 0 Å². The number of hydrogen-bond acceptors (Lipinski definition) is 3. The molecule has 0 aliphatic rings. The molecule has 1 aromatic rings. The number of thioether (sulfide) groups is 1. The Hall–Kier alpha value is -0.710. The summed E-state index contributed by atoms with van der Waals surface area (Å²) in [6, 6.07) is 1.69. The molecule has 0 heterocycles. The normalized spacial score (nSPS) is 10.7. The molecule has 0 saturated carbocycles. The number of methoxy groups -OCH3 is 1. The molecular weight excluding hydrogens is 348 g/mol. The lowest BCUT2D eigenvalue weighted by Gasteiger charge is -2.13. The predicted molar refractivity (Wildman–Crippen MR) is 85.1 cm³/mol. The van der Waals surface area contributed by atoms with Gasteiger partial charge in [0.25, 0.3) is 0 Å². The Morgan fingerprint density at radius 3 is 2.84 bits per heavy atom. The number of carbonyl (C=O) groups is 1. The summed E-state index contributed by atoms with van der Waals surface area (Å²) < 4.78 is 5.55. The summed E-state index contributed by atoms with van der Waals surface area (Å²) in [5.41, 5.74) is 1.23. The van der Waals surface area contributed by atoms with E-state index in [9.17, 15) is 4.79 Å². The van der Waals surface area contributed by atoms with E-state index in [1.54, 1.807) is 23.9 Å². The molecule has 102 valence electrons. The number of carbonyl (C=O) groups excluding carboxylic acids is 1. The third kappa shape index (κ3) is 3.88. The van der Waals surface area contributed by atoms with Crippen molar-refractivity contribution in [3.8, 4) is 0 Å². The van der Waals surface area contributed by atoms with Crippen molar-refractivity contribution >= 4 is 45.3 Å². The number of ether oxygens (including phenoxy) is 1. The van der Waals surface area contributed by atoms with Gasteiger partial charge in [0.05, 0.1) is 17.7 Å². The smallest absolute Gasteiger partial charge is 0.339 e. The van der Waals surface area contributed by atoms with Gasteiger partial charge >= 0.3 is 5.97 Å². The summed E-state index contributed by atoms with van der Waals surface area (Å²) in [7, 11) is 1.34. The molecule has 0 atom stereocenters. The Morgan fingerprint density at radius 2 is 2.32 bits per heavy atom. The van der Waals surface area contributed by atoms with E-state index < -0.39 is 5.97 Å². The second-order valence-electron chi connectivity index (χ2n) is 3.60. The molecule has 0 aliphatic carbocycles. The zero-order valence-corrected chi connectivity index (χ0v) is 13.9. The van der Waals surface area contributed by atoms with Crippen molar-refractivity contribution in [2.24, 2.45) is 0 Å². The molecule has 0 saturated heterocycles. The molecule has 5 heteroatoms. The quantitative estimate of drug-likeness (QED) is 0.407. The zero-order chi connectivity index (χ0) is 14.4. The molecule has 1 aromatic carbocycles. The minimum atomic E-state index is -0.446. The first kappa shape index (κ1) is 16.3. The summed E-state index contributed by atoms with van der Waals surface area (Å²) >= 11 is 11.3. The molecule has 0 aliphatic heterocycles. The van der Waals surface area contributed by atoms with E-state index in [1.165, 1.54) is 7.11 Å². The fourth-order valence-corrected chi connectivity index (χ4v) is 3.39. The molecule has 0 spiro atoms. The van der Waals surface area contributed by atoms with Crippen molar-refractivity contribution in [1.82, 2.24) is 0 Å². The van der Waals surface area contributed by atoms with E-state index in [-0.39, 0.29) is 0 Å². The van der Waals surface area contributed by atoms with Gasteiger partial charge in [-0.3, -0.25) is 0 Å². The van der Waals surface area contributed by atoms with Crippen molar-refractivity contribution in [1.29, 1.82) is 0 Å². The number of halogens is 2. The van der Waals surface area contributed by atoms with Crippen LogP contribution in [0.4, 0.5) is 0 Å². The molecule has 1 rings (SSSR count). The SMILES string of the molecule is C=CCc1c(Cl)c(C(=O)OC)cc(Br)c1S/C=C\C. The molecule has 0 N–H and O–H groups in total. The van der Waals surface area contributed by atoms with Gasteiger partial charge in [0.2, 0.25) is 0 Å². The third-order valence-corrected chi connectivity index (χ3v) is 4.77. The molecule has 0 bridgehead atoms. The molecule has 0 amide bonds. The van der Waals surface area contributed by atoms with Gasteiger partial charge in [-0.1, -0.05) is 35.5 Å². The van der Waals surface area contributed by atoms with Gasteiger partial charge in [0.15, 0.2) is 0 Å². The van der Waals surface area contributed by atoms with E-state index in [4.69, 9.17) is 16.3 Å². The van der Waals surface area contributed by atoms with E-state index >= 15 is 0 Å². The van der Waals surface area contributed by atoms with Crippen LogP contribution in [0.15, 0.2) is 39.6 Å². The predicted octanol–water partition coefficient (Wildman–Crippen LogP) is 5.24. The van der Waals surface area contributed by atoms with Crippen molar-refractivity contribution in [3.63, 3.8) is 0 Å². The highest BCUT2D eigenvalue weighted by Gasteiger charge is 2.19. The fraction of sp³-hybridized carbons (Fsp3) is 0.214. The number of allylic oxidation sites excluding steroid dienone is 2. The van der Waals surface area contributed by atoms with Crippen molar-refractivity contribution in [3.05, 3.63) is 50.8 Å². The van der Waals surface area contributed by atoms with Crippen LogP contribution >= 0.6 is 39.3 Å². The minimum absolute atomic E-state index is 0.359. The van der Waals surface area contributed by atoms with Crippen LogP contribution in [0, 0.1) is 0 Å². The topological polar surface area (TPSA) is 26.3 Å². The fourth-order valence-electron chi connectivity index (χ4n) is 1.51. The Labute approximate surface area is 131 Å². The number of hydrogen-bond donors (Lipinski definition) is 0. The highest BCUT2D eigenvalue weighted by molar-refractivity contribution is 9.10. The monoisotopic (exact) mass is 360 g/mol. The summed E-state index contributed by atoms with van der Waals surface area (Å²) in [5, 5.41) is 2.38. The summed E-state index contributed by atoms with van der Waals surface area (Å²) in [4.78, 5) is 12.7. The van der Waals surface area contributed by atoms with Gasteiger partial charge in [0, 0.05) is 9.37 Å². The maximum atomic E-state index is 11.7. The standard InChI is InChI=1S/C14H14BrClO2S/c1-4-6-9-12(16)10(14(17)18-3)8-11(15)13(9)19-7-5-2/h4-5,7-8H,1,6H2,2-3H3/b7-5-. The molecule has 0 unspecified atom stereocenters. The Kier molecular flexibility index (Phi) is 6.69. The molecule has 0 aromatic heterocycles. The van der Waals surface area contributed by atoms with Gasteiger partial charge < -0.3 is 4.74 Å². The van der Waals surface area contributed by atoms with Crippen LogP contribution in [-0.2, 0) is 11.2 Å². The van der Waals surface area contributed by atoms with Crippen LogP contribution < -0.4 is 0 Å². The molecular formula is C14H14BrClO2S. The highest BCUT2D eigenvalue weighted by Crippen LogP contribution is 2.38. The second-order valence-corrected chi connectivity index (χ2v) is 5.75. The van der Waals surface area contributed by atoms with Gasteiger partial charge in [0.1, 0.15) is 0 Å². The van der Waals surface area contributed by atoms with E-state index in [0.29, 0.717) is 17.0 Å². The lowest BCUT2D eigenvalue weighted by atomic mass is 10.1. The lowest BCUT2D eigenvalue weighted by Crippen LogP contribution is -2.05. The van der Waals surface area contributed by atoms with Crippen LogP contribution in [-0.4, -0.2) is 13.1 Å². The summed E-state index contributed by atoms with van der Waals surface area (Å²) in [6.45, 7) is 5.67. The maximum absolute atomic E-state index is 11.7. The first-order chi connectivity index (χ1) is 9.06. The Balaban J connectivity index is 3.44. The minimum Gasteiger partial charge on any atom is -0.465 e. The first-order valence-corrected chi connectivity index (χ1v) is 7.59. The van der Waals surface area contributed by atoms with Crippen LogP contribution in [0.25, 0.3) is 0 Å².